The number of fused-ring (bicyclic) bond motifs is 1. The van der Waals surface area contributed by atoms with Crippen molar-refractivity contribution in [3.05, 3.63) is 41.9 Å². The predicted octanol–water partition coefficient (Wildman–Crippen LogP) is 3.78. The molecule has 1 saturated carbocycles. The molecule has 0 bridgehead atoms. The van der Waals surface area contributed by atoms with E-state index in [2.05, 4.69) is 26.4 Å². The summed E-state index contributed by atoms with van der Waals surface area (Å²) in [5.74, 6) is 1.26. The number of aromatic nitrogens is 4. The largest absolute Gasteiger partial charge is 0.494 e. The van der Waals surface area contributed by atoms with Crippen molar-refractivity contribution in [2.24, 2.45) is 0 Å². The fraction of sp³-hybridized carbons (Fsp3) is 0.455. The van der Waals surface area contributed by atoms with Crippen molar-refractivity contribution < 1.29 is 14.3 Å². The van der Waals surface area contributed by atoms with Gasteiger partial charge in [-0.05, 0) is 30.4 Å². The average molecular weight is 409 g/mol. The molecule has 8 heteroatoms. The van der Waals surface area contributed by atoms with Crippen molar-refractivity contribution in [3.8, 4) is 5.75 Å². The molecule has 0 unspecified atom stereocenters. The summed E-state index contributed by atoms with van der Waals surface area (Å²) in [6.45, 7) is 1.11. The van der Waals surface area contributed by atoms with Crippen LogP contribution in [0.3, 0.4) is 0 Å². The molecule has 2 aromatic heterocycles. The highest BCUT2D eigenvalue weighted by Gasteiger charge is 2.21. The highest BCUT2D eigenvalue weighted by molar-refractivity contribution is 6.03. The van der Waals surface area contributed by atoms with Gasteiger partial charge in [-0.25, -0.2) is 4.98 Å². The third kappa shape index (κ3) is 4.28. The lowest BCUT2D eigenvalue weighted by Gasteiger charge is -2.23. The summed E-state index contributed by atoms with van der Waals surface area (Å²) in [6.07, 6.45) is 11.0. The zero-order chi connectivity index (χ0) is 20.9. The van der Waals surface area contributed by atoms with Crippen molar-refractivity contribution >= 4 is 22.8 Å². The molecule has 4 rings (SSSR count). The fourth-order valence-electron chi connectivity index (χ4n) is 4.04. The second kappa shape index (κ2) is 9.21. The molecule has 1 aliphatic rings. The number of carbonyl (C=O) groups is 1. The lowest BCUT2D eigenvalue weighted by atomic mass is 9.83. The lowest BCUT2D eigenvalue weighted by Crippen LogP contribution is -2.13. The normalized spacial score (nSPS) is 14.7. The maximum absolute atomic E-state index is 12.6. The third-order valence-corrected chi connectivity index (χ3v) is 5.62. The predicted molar refractivity (Wildman–Crippen MR) is 114 cm³/mol. The SMILES string of the molecule is COCCn1cc(C(=O)Nc2cnc3c(C4CCCCC4)ccc(OC)c3n2)cn1. The van der Waals surface area contributed by atoms with Gasteiger partial charge in [0.2, 0.25) is 0 Å². The summed E-state index contributed by atoms with van der Waals surface area (Å²) < 4.78 is 12.2. The molecule has 158 valence electrons. The number of benzene rings is 1. The van der Waals surface area contributed by atoms with Gasteiger partial charge in [-0.15, -0.1) is 0 Å². The highest BCUT2D eigenvalue weighted by atomic mass is 16.5. The number of amides is 1. The van der Waals surface area contributed by atoms with Crippen LogP contribution in [0.15, 0.2) is 30.7 Å². The molecular formula is C22H27N5O3. The number of ether oxygens (including phenoxy) is 2. The van der Waals surface area contributed by atoms with Crippen LogP contribution in [0.1, 0.15) is 53.9 Å². The lowest BCUT2D eigenvalue weighted by molar-refractivity contribution is 0.102. The van der Waals surface area contributed by atoms with E-state index in [4.69, 9.17) is 9.47 Å². The molecule has 30 heavy (non-hydrogen) atoms. The van der Waals surface area contributed by atoms with E-state index in [0.29, 0.717) is 41.7 Å². The second-order valence-electron chi connectivity index (χ2n) is 7.58. The molecular weight excluding hydrogens is 382 g/mol. The Bertz CT molecular complexity index is 1030. The molecule has 1 N–H and O–H groups in total. The fourth-order valence-corrected chi connectivity index (χ4v) is 4.04. The van der Waals surface area contributed by atoms with Crippen LogP contribution in [-0.2, 0) is 11.3 Å². The number of hydrogen-bond donors (Lipinski definition) is 1. The summed E-state index contributed by atoms with van der Waals surface area (Å²) in [5, 5.41) is 6.99. The van der Waals surface area contributed by atoms with E-state index < -0.39 is 0 Å². The van der Waals surface area contributed by atoms with Crippen molar-refractivity contribution in [1.29, 1.82) is 0 Å². The van der Waals surface area contributed by atoms with E-state index in [9.17, 15) is 4.79 Å². The first-order valence-corrected chi connectivity index (χ1v) is 10.4. The summed E-state index contributed by atoms with van der Waals surface area (Å²) >= 11 is 0. The summed E-state index contributed by atoms with van der Waals surface area (Å²) in [5.41, 5.74) is 3.20. The number of methoxy groups -OCH3 is 2. The number of hydrogen-bond acceptors (Lipinski definition) is 6. The van der Waals surface area contributed by atoms with Crippen LogP contribution in [0.25, 0.3) is 11.0 Å². The molecule has 0 spiro atoms. The first-order chi connectivity index (χ1) is 14.7. The molecule has 1 fully saturated rings. The Balaban J connectivity index is 1.59. The Kier molecular flexibility index (Phi) is 6.23. The molecule has 0 saturated heterocycles. The van der Waals surface area contributed by atoms with Gasteiger partial charge < -0.3 is 14.8 Å². The van der Waals surface area contributed by atoms with Gasteiger partial charge in [0.15, 0.2) is 5.82 Å². The van der Waals surface area contributed by atoms with Crippen LogP contribution >= 0.6 is 0 Å². The van der Waals surface area contributed by atoms with Crippen molar-refractivity contribution in [3.63, 3.8) is 0 Å². The van der Waals surface area contributed by atoms with Gasteiger partial charge in [-0.2, -0.15) is 5.10 Å². The van der Waals surface area contributed by atoms with Crippen LogP contribution < -0.4 is 10.1 Å². The highest BCUT2D eigenvalue weighted by Crippen LogP contribution is 2.38. The second-order valence-corrected chi connectivity index (χ2v) is 7.58. The van der Waals surface area contributed by atoms with Crippen molar-refractivity contribution in [2.45, 2.75) is 44.6 Å². The Morgan fingerprint density at radius 2 is 2.00 bits per heavy atom. The minimum atomic E-state index is -0.283. The molecule has 3 aromatic rings. The van der Waals surface area contributed by atoms with E-state index in [1.54, 1.807) is 31.3 Å². The number of nitrogens with zero attached hydrogens (tertiary/aromatic N) is 4. The molecule has 0 aliphatic heterocycles. The third-order valence-electron chi connectivity index (χ3n) is 5.62. The summed E-state index contributed by atoms with van der Waals surface area (Å²) in [7, 11) is 3.25. The smallest absolute Gasteiger partial charge is 0.260 e. The number of nitrogens with one attached hydrogen (secondary N) is 1. The maximum atomic E-state index is 12.6. The Morgan fingerprint density at radius 3 is 2.77 bits per heavy atom. The van der Waals surface area contributed by atoms with E-state index in [1.165, 1.54) is 43.9 Å². The Morgan fingerprint density at radius 1 is 1.17 bits per heavy atom. The maximum Gasteiger partial charge on any atom is 0.260 e. The quantitative estimate of drug-likeness (QED) is 0.639. The Labute approximate surface area is 175 Å². The molecule has 2 heterocycles. The van der Waals surface area contributed by atoms with E-state index in [-0.39, 0.29) is 5.91 Å². The minimum Gasteiger partial charge on any atom is -0.494 e. The van der Waals surface area contributed by atoms with Gasteiger partial charge in [-0.3, -0.25) is 14.5 Å². The van der Waals surface area contributed by atoms with Crippen LogP contribution in [0, 0.1) is 0 Å². The first-order valence-electron chi connectivity index (χ1n) is 10.4. The van der Waals surface area contributed by atoms with Gasteiger partial charge in [0, 0.05) is 13.3 Å². The van der Waals surface area contributed by atoms with Gasteiger partial charge in [0.05, 0.1) is 43.7 Å². The van der Waals surface area contributed by atoms with Crippen molar-refractivity contribution in [2.75, 3.05) is 26.1 Å². The van der Waals surface area contributed by atoms with E-state index >= 15 is 0 Å². The molecule has 1 aromatic carbocycles. The standard InChI is InChI=1S/C22H27N5O3/c1-29-11-10-27-14-16(12-24-27)22(28)26-19-13-23-20-17(15-6-4-3-5-7-15)8-9-18(30-2)21(20)25-19/h8-9,12-15H,3-7,10-11H2,1-2H3,(H,25,26,28). The van der Waals surface area contributed by atoms with Crippen LogP contribution in [0.4, 0.5) is 5.82 Å². The van der Waals surface area contributed by atoms with E-state index in [0.717, 1.165) is 5.52 Å². The van der Waals surface area contributed by atoms with Crippen LogP contribution in [-0.4, -0.2) is 46.5 Å². The van der Waals surface area contributed by atoms with Gasteiger partial charge in [0.25, 0.3) is 5.91 Å². The first kappa shape index (κ1) is 20.3. The monoisotopic (exact) mass is 409 g/mol. The van der Waals surface area contributed by atoms with Gasteiger partial charge in [0.1, 0.15) is 11.3 Å². The molecule has 0 atom stereocenters. The van der Waals surface area contributed by atoms with Gasteiger partial charge >= 0.3 is 0 Å². The summed E-state index contributed by atoms with van der Waals surface area (Å²) in [4.78, 5) is 21.9. The summed E-state index contributed by atoms with van der Waals surface area (Å²) in [6, 6.07) is 4.06. The van der Waals surface area contributed by atoms with Crippen molar-refractivity contribution in [1.82, 2.24) is 19.7 Å². The van der Waals surface area contributed by atoms with Gasteiger partial charge in [-0.1, -0.05) is 25.3 Å². The Hall–Kier alpha value is -3.00. The number of carbonyl (C=O) groups excluding carboxylic acids is 1. The minimum absolute atomic E-state index is 0.283. The molecule has 0 radical (unpaired) electrons. The number of rotatable bonds is 7. The molecule has 1 amide bonds. The van der Waals surface area contributed by atoms with Crippen LogP contribution in [0.2, 0.25) is 0 Å². The molecule has 1 aliphatic carbocycles. The zero-order valence-electron chi connectivity index (χ0n) is 17.4. The van der Waals surface area contributed by atoms with Crippen LogP contribution in [0.5, 0.6) is 5.75 Å². The topological polar surface area (TPSA) is 91.2 Å². The molecule has 8 nitrogen and oxygen atoms in total. The average Bonchev–Trinajstić information content (AvgIpc) is 3.26. The van der Waals surface area contributed by atoms with E-state index in [1.807, 2.05) is 6.07 Å². The zero-order valence-corrected chi connectivity index (χ0v) is 17.4. The number of anilines is 1.